The van der Waals surface area contributed by atoms with E-state index < -0.39 is 36.0 Å². The Balaban J connectivity index is 0.890. The van der Waals surface area contributed by atoms with Crippen molar-refractivity contribution in [1.29, 1.82) is 0 Å². The van der Waals surface area contributed by atoms with Crippen LogP contribution in [0.2, 0.25) is 0 Å². The number of ether oxygens (including phenoxy) is 4. The van der Waals surface area contributed by atoms with E-state index in [1.807, 2.05) is 91.5 Å². The van der Waals surface area contributed by atoms with Gasteiger partial charge in [0.15, 0.2) is 5.78 Å². The van der Waals surface area contributed by atoms with Gasteiger partial charge in [0, 0.05) is 122 Å². The first-order valence-corrected chi connectivity index (χ1v) is 32.6. The van der Waals surface area contributed by atoms with Crippen LogP contribution in [0.25, 0.3) is 11.1 Å². The van der Waals surface area contributed by atoms with Crippen molar-refractivity contribution in [3.05, 3.63) is 131 Å². The molecule has 0 bridgehead atoms. The van der Waals surface area contributed by atoms with Crippen LogP contribution >= 0.6 is 0 Å². The van der Waals surface area contributed by atoms with E-state index in [2.05, 4.69) is 16.0 Å². The molecule has 4 aliphatic heterocycles. The molecule has 4 heterocycles. The summed E-state index contributed by atoms with van der Waals surface area (Å²) in [5.41, 5.74) is 4.48. The predicted molar refractivity (Wildman–Crippen MR) is 343 cm³/mol. The number of carbonyl (C=O) groups excluding carboxylic acids is 8. The van der Waals surface area contributed by atoms with Crippen LogP contribution in [0.4, 0.5) is 0 Å². The van der Waals surface area contributed by atoms with E-state index >= 15 is 0 Å². The Labute approximate surface area is 531 Å². The first-order valence-electron chi connectivity index (χ1n) is 32.6. The van der Waals surface area contributed by atoms with E-state index in [1.54, 1.807) is 79.3 Å². The molecule has 4 saturated heterocycles. The summed E-state index contributed by atoms with van der Waals surface area (Å²) >= 11 is 0. The molecule has 6 amide bonds. The fourth-order valence-electron chi connectivity index (χ4n) is 13.1. The van der Waals surface area contributed by atoms with E-state index in [0.717, 1.165) is 22.3 Å². The third-order valence-electron chi connectivity index (χ3n) is 19.2. The highest BCUT2D eigenvalue weighted by atomic mass is 16.5. The van der Waals surface area contributed by atoms with Gasteiger partial charge in [0.05, 0.1) is 36.9 Å². The van der Waals surface area contributed by atoms with Gasteiger partial charge in [-0.3, -0.25) is 38.4 Å². The van der Waals surface area contributed by atoms with E-state index in [-0.39, 0.29) is 110 Å². The molecule has 0 aromatic heterocycles. The molecule has 0 radical (unpaired) electrons. The third-order valence-corrected chi connectivity index (χ3v) is 19.2. The molecule has 4 aromatic carbocycles. The minimum absolute atomic E-state index is 0.0172. The molecular formula is C71H95N7O12. The Morgan fingerprint density at radius 1 is 0.600 bits per heavy atom. The third kappa shape index (κ3) is 18.5. The molecule has 0 spiro atoms. The van der Waals surface area contributed by atoms with Gasteiger partial charge < -0.3 is 54.5 Å². The quantitative estimate of drug-likeness (QED) is 0.0433. The van der Waals surface area contributed by atoms with Crippen molar-refractivity contribution in [1.82, 2.24) is 35.6 Å². The van der Waals surface area contributed by atoms with Gasteiger partial charge in [-0.2, -0.15) is 0 Å². The van der Waals surface area contributed by atoms with Crippen molar-refractivity contribution in [2.45, 2.75) is 134 Å². The van der Waals surface area contributed by atoms with Crippen LogP contribution in [0.3, 0.4) is 0 Å². The van der Waals surface area contributed by atoms with Gasteiger partial charge in [-0.1, -0.05) is 111 Å². The molecule has 4 fully saturated rings. The summed E-state index contributed by atoms with van der Waals surface area (Å²) < 4.78 is 23.2. The van der Waals surface area contributed by atoms with Gasteiger partial charge in [0.25, 0.3) is 5.91 Å². The number of rotatable bonds is 31. The summed E-state index contributed by atoms with van der Waals surface area (Å²) in [6.45, 7) is 9.33. The second-order valence-electron chi connectivity index (χ2n) is 24.7. The van der Waals surface area contributed by atoms with Crippen molar-refractivity contribution in [3.63, 3.8) is 0 Å². The van der Waals surface area contributed by atoms with Crippen LogP contribution in [0.5, 0.6) is 0 Å². The van der Waals surface area contributed by atoms with Gasteiger partial charge >= 0.3 is 0 Å². The SMILES string of the molecule is CC[C@@H](C)C(=O)N[C@H](C(=O)N1CC[C@H](OC)[C@H]1CN(CCc1ccccc1)C(=O)CCC(=O)c1ccc(-c2ccc(C(=O)NCC(=O)N(CCc3ccccc3)C[C@@H]3[C@@H](OC)CCN3C(=O)[C@@H](CC(=O)[C@H](C)NC)C3CCOCC3)cc2)cc1)C1CCOCC1. The van der Waals surface area contributed by atoms with Gasteiger partial charge in [-0.25, -0.2) is 0 Å². The van der Waals surface area contributed by atoms with Crippen molar-refractivity contribution >= 4 is 47.0 Å². The number of likely N-dealkylation sites (tertiary alicyclic amines) is 2. The van der Waals surface area contributed by atoms with Crippen LogP contribution in [0, 0.1) is 23.7 Å². The highest BCUT2D eigenvalue weighted by Gasteiger charge is 2.46. The second-order valence-corrected chi connectivity index (χ2v) is 24.7. The Kier molecular flexibility index (Phi) is 26.2. The summed E-state index contributed by atoms with van der Waals surface area (Å²) in [6.07, 6.45) is 4.90. The van der Waals surface area contributed by atoms with Crippen LogP contribution in [0.15, 0.2) is 109 Å². The maximum atomic E-state index is 14.7. The number of benzene rings is 4. The molecule has 8 rings (SSSR count). The summed E-state index contributed by atoms with van der Waals surface area (Å²) in [4.78, 5) is 120. The van der Waals surface area contributed by atoms with Crippen LogP contribution in [-0.4, -0.2) is 196 Å². The minimum atomic E-state index is -0.734. The maximum Gasteiger partial charge on any atom is 0.251 e. The Bertz CT molecular complexity index is 2790. The van der Waals surface area contributed by atoms with E-state index in [9.17, 15) is 38.4 Å². The molecule has 19 nitrogen and oxygen atoms in total. The topological polar surface area (TPSA) is 223 Å². The van der Waals surface area contributed by atoms with Crippen LogP contribution in [-0.2, 0) is 60.6 Å². The van der Waals surface area contributed by atoms with Crippen LogP contribution in [0.1, 0.15) is 117 Å². The first-order chi connectivity index (χ1) is 43.6. The average molecular weight is 1240 g/mol. The largest absolute Gasteiger partial charge is 0.381 e. The fourth-order valence-corrected chi connectivity index (χ4v) is 13.1. The normalized spacial score (nSPS) is 20.2. The number of hydrogen-bond acceptors (Lipinski definition) is 13. The highest BCUT2D eigenvalue weighted by molar-refractivity contribution is 5.99. The van der Waals surface area contributed by atoms with Gasteiger partial charge in [0.2, 0.25) is 29.5 Å². The zero-order valence-corrected chi connectivity index (χ0v) is 53.6. The second kappa shape index (κ2) is 34.3. The summed E-state index contributed by atoms with van der Waals surface area (Å²) in [6, 6.07) is 31.7. The Hall–Kier alpha value is -7.16. The molecule has 0 unspecified atom stereocenters. The van der Waals surface area contributed by atoms with E-state index in [0.29, 0.717) is 122 Å². The molecule has 19 heteroatoms. The number of amides is 6. The van der Waals surface area contributed by atoms with E-state index in [1.165, 1.54) is 0 Å². The predicted octanol–water partition coefficient (Wildman–Crippen LogP) is 6.99. The lowest BCUT2D eigenvalue weighted by Gasteiger charge is -2.38. The number of methoxy groups -OCH3 is 2. The van der Waals surface area contributed by atoms with Gasteiger partial charge in [-0.15, -0.1) is 0 Å². The summed E-state index contributed by atoms with van der Waals surface area (Å²) in [5.74, 6) is -2.53. The van der Waals surface area contributed by atoms with E-state index in [4.69, 9.17) is 18.9 Å². The molecule has 3 N–H and O–H groups in total. The zero-order valence-electron chi connectivity index (χ0n) is 53.6. The summed E-state index contributed by atoms with van der Waals surface area (Å²) in [7, 11) is 4.97. The number of carbonyl (C=O) groups is 8. The molecule has 0 aliphatic carbocycles. The highest BCUT2D eigenvalue weighted by Crippen LogP contribution is 2.34. The number of nitrogens with one attached hydrogen (secondary N) is 3. The standard InChI is InChI=1S/C71H95N7O12/c1-7-48(2)68(83)74-67(56-34-42-90-43-35-56)71(86)78-39-31-64(88-6)60(78)46-75(36-28-50-14-10-8-11-15-50)65(81)27-26-61(79)55-22-18-52(19-23-55)53-20-24-57(25-21-53)69(84)73-45-66(82)76(37-29-51-16-12-9-13-17-51)47-59-63(87-5)30-38-77(59)70(85)58(44-62(80)49(3)72-4)54-32-40-89-41-33-54/h8-25,48-49,54,56,58-60,63-64,67,72H,7,26-47H2,1-6H3,(H,73,84)(H,74,83)/t48-,49+,58+,59-,60-,63+,64+,67+/m1/s1. The average Bonchev–Trinajstić information content (AvgIpc) is 1.74. The summed E-state index contributed by atoms with van der Waals surface area (Å²) in [5, 5.41) is 8.97. The smallest absolute Gasteiger partial charge is 0.251 e. The molecule has 90 heavy (non-hydrogen) atoms. The number of ketones is 2. The molecule has 4 aromatic rings. The lowest BCUT2D eigenvalue weighted by Crippen LogP contribution is -2.58. The molecule has 486 valence electrons. The first kappa shape index (κ1) is 68.7. The molecule has 8 atom stereocenters. The van der Waals surface area contributed by atoms with Crippen molar-refractivity contribution in [3.8, 4) is 11.1 Å². The molecule has 0 saturated carbocycles. The van der Waals surface area contributed by atoms with Crippen molar-refractivity contribution < 1.29 is 57.3 Å². The van der Waals surface area contributed by atoms with Crippen molar-refractivity contribution in [2.75, 3.05) is 93.5 Å². The number of nitrogens with zero attached hydrogens (tertiary/aromatic N) is 4. The Morgan fingerprint density at radius 2 is 1.09 bits per heavy atom. The molecule has 4 aliphatic rings. The number of hydrogen-bond donors (Lipinski definition) is 3. The number of likely N-dealkylation sites (N-methyl/N-ethyl adjacent to an activating group) is 1. The zero-order chi connectivity index (χ0) is 64.1. The monoisotopic (exact) mass is 1240 g/mol. The van der Waals surface area contributed by atoms with Gasteiger partial charge in [0.1, 0.15) is 11.8 Å². The molecular weight excluding hydrogens is 1140 g/mol. The minimum Gasteiger partial charge on any atom is -0.381 e. The van der Waals surface area contributed by atoms with Crippen LogP contribution < -0.4 is 16.0 Å². The fraction of sp³-hybridized carbons (Fsp3) is 0.549. The Morgan fingerprint density at radius 3 is 1.59 bits per heavy atom. The van der Waals surface area contributed by atoms with Gasteiger partial charge in [-0.05, 0) is 118 Å². The lowest BCUT2D eigenvalue weighted by molar-refractivity contribution is -0.145. The number of Topliss-reactive ketones (excluding diaryl/α,β-unsaturated/α-hetero) is 2. The lowest BCUT2D eigenvalue weighted by atomic mass is 9.81. The van der Waals surface area contributed by atoms with Crippen molar-refractivity contribution in [2.24, 2.45) is 23.7 Å². The maximum absolute atomic E-state index is 14.7.